The molecule has 9 aromatic rings. The van der Waals surface area contributed by atoms with Gasteiger partial charge in [0, 0.05) is 41.3 Å². The van der Waals surface area contributed by atoms with Crippen molar-refractivity contribution in [2.24, 2.45) is 0 Å². The summed E-state index contributed by atoms with van der Waals surface area (Å²) in [5.74, 6) is 1.42. The summed E-state index contributed by atoms with van der Waals surface area (Å²) in [6.07, 6.45) is 7.25. The van der Waals surface area contributed by atoms with Crippen LogP contribution in [0.1, 0.15) is 0 Å². The van der Waals surface area contributed by atoms with Gasteiger partial charge < -0.3 is 4.42 Å². The number of benzene rings is 4. The van der Waals surface area contributed by atoms with Crippen molar-refractivity contribution in [1.29, 1.82) is 0 Å². The smallest absolute Gasteiger partial charge is 0.227 e. The Kier molecular flexibility index (Phi) is 6.03. The fourth-order valence-electron chi connectivity index (χ4n) is 6.26. The highest BCUT2D eigenvalue weighted by atomic mass is 16.3. The summed E-state index contributed by atoms with van der Waals surface area (Å²) in [4.78, 5) is 18.5. The highest BCUT2D eigenvalue weighted by molar-refractivity contribution is 6.19. The molecular weight excluding hydrogens is 566 g/mol. The lowest BCUT2D eigenvalue weighted by molar-refractivity contribution is 0.623. The van der Waals surface area contributed by atoms with E-state index < -0.39 is 0 Å². The molecule has 0 aliphatic heterocycles. The maximum atomic E-state index is 6.50. The molecule has 0 saturated carbocycles. The maximum absolute atomic E-state index is 6.50. The molecule has 0 bridgehead atoms. The Bertz CT molecular complexity index is 2500. The summed E-state index contributed by atoms with van der Waals surface area (Å²) in [6, 6.07) is 43.6. The molecule has 0 saturated heterocycles. The molecule has 0 N–H and O–H groups in total. The first-order chi connectivity index (χ1) is 22.8. The molecule has 6 heteroatoms. The minimum atomic E-state index is 0.607. The lowest BCUT2D eigenvalue weighted by Crippen LogP contribution is -2.00. The van der Waals surface area contributed by atoms with Gasteiger partial charge in [0.1, 0.15) is 11.3 Å². The summed E-state index contributed by atoms with van der Waals surface area (Å²) < 4.78 is 8.73. The topological polar surface area (TPSA) is 69.6 Å². The molecule has 0 atom stereocenters. The van der Waals surface area contributed by atoms with Crippen molar-refractivity contribution in [2.45, 2.75) is 0 Å². The predicted octanol–water partition coefficient (Wildman–Crippen LogP) is 9.78. The highest BCUT2D eigenvalue weighted by Crippen LogP contribution is 2.39. The monoisotopic (exact) mass is 591 g/mol. The number of oxazole rings is 1. The van der Waals surface area contributed by atoms with Crippen LogP contribution in [-0.2, 0) is 0 Å². The number of pyridine rings is 3. The second-order valence-electron chi connectivity index (χ2n) is 11.2. The number of hydrogen-bond donors (Lipinski definition) is 0. The van der Waals surface area contributed by atoms with E-state index in [4.69, 9.17) is 14.4 Å². The fraction of sp³-hybridized carbons (Fsp3) is 0. The van der Waals surface area contributed by atoms with Crippen LogP contribution in [0.2, 0.25) is 0 Å². The first kappa shape index (κ1) is 26.0. The van der Waals surface area contributed by atoms with Crippen molar-refractivity contribution < 1.29 is 4.42 Å². The van der Waals surface area contributed by atoms with Gasteiger partial charge in [-0.05, 0) is 89.0 Å². The molecule has 0 fully saturated rings. The Balaban J connectivity index is 1.27. The van der Waals surface area contributed by atoms with Crippen LogP contribution in [0.5, 0.6) is 0 Å². The fourth-order valence-corrected chi connectivity index (χ4v) is 6.26. The third-order valence-electron chi connectivity index (χ3n) is 8.46. The lowest BCUT2D eigenvalue weighted by atomic mass is 10.00. The van der Waals surface area contributed by atoms with Crippen molar-refractivity contribution in [3.8, 4) is 50.8 Å². The SMILES string of the molecule is c1ccc(-c2nc3ccc4c(c5ccccc5n4-c4cc(-c5ccc(-c6ccncc6)cc5)cc(-c5ccncc5)n4)c3o2)cc1. The number of rotatable bonds is 5. The van der Waals surface area contributed by atoms with Crippen LogP contribution in [0.15, 0.2) is 157 Å². The van der Waals surface area contributed by atoms with E-state index in [0.717, 1.165) is 77.8 Å². The van der Waals surface area contributed by atoms with Gasteiger partial charge >= 0.3 is 0 Å². The third-order valence-corrected chi connectivity index (χ3v) is 8.46. The Labute approximate surface area is 264 Å². The molecule has 0 amide bonds. The van der Waals surface area contributed by atoms with Gasteiger partial charge in [-0.25, -0.2) is 9.97 Å². The molecule has 5 heterocycles. The first-order valence-corrected chi connectivity index (χ1v) is 15.1. The van der Waals surface area contributed by atoms with E-state index in [1.807, 2.05) is 73.1 Å². The average molecular weight is 592 g/mol. The zero-order chi connectivity index (χ0) is 30.5. The predicted molar refractivity (Wildman–Crippen MR) is 183 cm³/mol. The summed E-state index contributed by atoms with van der Waals surface area (Å²) >= 11 is 0. The molecule has 0 aliphatic rings. The van der Waals surface area contributed by atoms with Gasteiger partial charge in [0.05, 0.1) is 22.1 Å². The molecule has 9 rings (SSSR count). The molecule has 0 unspecified atom stereocenters. The average Bonchev–Trinajstić information content (AvgIpc) is 3.72. The van der Waals surface area contributed by atoms with Gasteiger partial charge in [-0.1, -0.05) is 60.7 Å². The second-order valence-corrected chi connectivity index (χ2v) is 11.2. The normalized spacial score (nSPS) is 11.5. The molecule has 5 aromatic heterocycles. The van der Waals surface area contributed by atoms with Crippen LogP contribution in [0, 0.1) is 0 Å². The van der Waals surface area contributed by atoms with E-state index in [0.29, 0.717) is 5.89 Å². The molecule has 0 spiro atoms. The van der Waals surface area contributed by atoms with Crippen molar-refractivity contribution in [3.05, 3.63) is 152 Å². The second kappa shape index (κ2) is 10.6. The van der Waals surface area contributed by atoms with Crippen LogP contribution in [0.25, 0.3) is 83.7 Å². The van der Waals surface area contributed by atoms with E-state index in [2.05, 4.69) is 81.3 Å². The van der Waals surface area contributed by atoms with E-state index in [1.54, 1.807) is 12.4 Å². The van der Waals surface area contributed by atoms with Crippen molar-refractivity contribution in [3.63, 3.8) is 0 Å². The summed E-state index contributed by atoms with van der Waals surface area (Å²) in [5.41, 5.74) is 10.9. The van der Waals surface area contributed by atoms with Crippen LogP contribution in [0.3, 0.4) is 0 Å². The van der Waals surface area contributed by atoms with E-state index >= 15 is 0 Å². The Morgan fingerprint density at radius 2 is 1.13 bits per heavy atom. The number of hydrogen-bond acceptors (Lipinski definition) is 5. The quantitative estimate of drug-likeness (QED) is 0.199. The zero-order valence-electron chi connectivity index (χ0n) is 24.6. The Morgan fingerprint density at radius 3 is 1.89 bits per heavy atom. The molecular formula is C40H25N5O. The van der Waals surface area contributed by atoms with Crippen LogP contribution < -0.4 is 0 Å². The van der Waals surface area contributed by atoms with Crippen LogP contribution in [-0.4, -0.2) is 24.5 Å². The summed E-state index contributed by atoms with van der Waals surface area (Å²) in [5, 5.41) is 2.10. The first-order valence-electron chi connectivity index (χ1n) is 15.1. The Morgan fingerprint density at radius 1 is 0.478 bits per heavy atom. The van der Waals surface area contributed by atoms with E-state index in [9.17, 15) is 0 Å². The number of fused-ring (bicyclic) bond motifs is 5. The van der Waals surface area contributed by atoms with Crippen molar-refractivity contribution >= 4 is 32.9 Å². The maximum Gasteiger partial charge on any atom is 0.227 e. The van der Waals surface area contributed by atoms with Crippen LogP contribution >= 0.6 is 0 Å². The number of para-hydroxylation sites is 1. The summed E-state index contributed by atoms with van der Waals surface area (Å²) in [6.45, 7) is 0. The number of nitrogens with zero attached hydrogens (tertiary/aromatic N) is 5. The van der Waals surface area contributed by atoms with Crippen molar-refractivity contribution in [2.75, 3.05) is 0 Å². The highest BCUT2D eigenvalue weighted by Gasteiger charge is 2.20. The van der Waals surface area contributed by atoms with E-state index in [1.165, 1.54) is 0 Å². The van der Waals surface area contributed by atoms with Gasteiger partial charge in [0.2, 0.25) is 5.89 Å². The molecule has 0 aliphatic carbocycles. The largest absolute Gasteiger partial charge is 0.435 e. The van der Waals surface area contributed by atoms with Gasteiger partial charge in [-0.15, -0.1) is 0 Å². The van der Waals surface area contributed by atoms with Gasteiger partial charge in [0.25, 0.3) is 0 Å². The van der Waals surface area contributed by atoms with Crippen LogP contribution in [0.4, 0.5) is 0 Å². The molecule has 4 aromatic carbocycles. The molecule has 216 valence electrons. The summed E-state index contributed by atoms with van der Waals surface area (Å²) in [7, 11) is 0. The van der Waals surface area contributed by atoms with Gasteiger partial charge in [-0.2, -0.15) is 0 Å². The standard InChI is InChI=1S/C40H25N5O/c1-2-6-30(7-3-1)40-44-33-14-15-36-38(39(33)46-40)32-8-4-5-9-35(32)45(36)37-25-31(24-34(43-37)29-18-22-42-23-19-29)27-12-10-26(11-13-27)28-16-20-41-21-17-28/h1-25H. The zero-order valence-corrected chi connectivity index (χ0v) is 24.6. The Hall–Kier alpha value is -6.40. The van der Waals surface area contributed by atoms with E-state index in [-0.39, 0.29) is 0 Å². The third kappa shape index (κ3) is 4.35. The van der Waals surface area contributed by atoms with Crippen molar-refractivity contribution in [1.82, 2.24) is 24.5 Å². The molecule has 6 nitrogen and oxygen atoms in total. The number of aromatic nitrogens is 5. The van der Waals surface area contributed by atoms with Gasteiger partial charge in [-0.3, -0.25) is 14.5 Å². The molecule has 46 heavy (non-hydrogen) atoms. The minimum Gasteiger partial charge on any atom is -0.435 e. The molecule has 0 radical (unpaired) electrons. The lowest BCUT2D eigenvalue weighted by Gasteiger charge is -2.13. The minimum absolute atomic E-state index is 0.607. The van der Waals surface area contributed by atoms with Gasteiger partial charge in [0.15, 0.2) is 5.58 Å².